The highest BCUT2D eigenvalue weighted by Gasteiger charge is 2.60. The molecule has 0 aromatic carbocycles. The molecule has 0 aromatic rings. The van der Waals surface area contributed by atoms with E-state index >= 15 is 0 Å². The van der Waals surface area contributed by atoms with E-state index in [4.69, 9.17) is 4.74 Å². The number of hydrogen-bond acceptors (Lipinski definition) is 3. The van der Waals surface area contributed by atoms with Gasteiger partial charge < -0.3 is 9.84 Å². The number of aliphatic hydroxyl groups excluding tert-OH is 1. The standard InChI is InChI=1S/C14H20O3/c1-7(2)14(16)17-11-6-10-8-4-3-5-9(8)12(11)13(10)15/h8-13,15H,1,3-6H2,2H3. The summed E-state index contributed by atoms with van der Waals surface area (Å²) in [5.74, 6) is 1.54. The third kappa shape index (κ3) is 1.55. The summed E-state index contributed by atoms with van der Waals surface area (Å²) >= 11 is 0. The van der Waals surface area contributed by atoms with Gasteiger partial charge in [0.2, 0.25) is 0 Å². The third-order valence-corrected chi connectivity index (χ3v) is 5.04. The Kier molecular flexibility index (Phi) is 2.54. The summed E-state index contributed by atoms with van der Waals surface area (Å²) in [5.41, 5.74) is 0.449. The first-order valence-corrected chi connectivity index (χ1v) is 6.64. The molecule has 0 amide bonds. The summed E-state index contributed by atoms with van der Waals surface area (Å²) in [5, 5.41) is 10.2. The van der Waals surface area contributed by atoms with E-state index in [1.807, 2.05) is 0 Å². The molecule has 1 N–H and O–H groups in total. The van der Waals surface area contributed by atoms with Gasteiger partial charge in [0.1, 0.15) is 6.10 Å². The van der Waals surface area contributed by atoms with Gasteiger partial charge in [-0.25, -0.2) is 4.79 Å². The zero-order valence-corrected chi connectivity index (χ0v) is 10.3. The van der Waals surface area contributed by atoms with Gasteiger partial charge in [0.05, 0.1) is 6.10 Å². The largest absolute Gasteiger partial charge is 0.459 e. The number of hydrogen-bond donors (Lipinski definition) is 1. The van der Waals surface area contributed by atoms with Gasteiger partial charge in [-0.3, -0.25) is 0 Å². The van der Waals surface area contributed by atoms with Crippen LogP contribution in [-0.4, -0.2) is 23.3 Å². The molecule has 0 aliphatic heterocycles. The Morgan fingerprint density at radius 1 is 1.29 bits per heavy atom. The van der Waals surface area contributed by atoms with Crippen LogP contribution in [0.2, 0.25) is 0 Å². The number of ether oxygens (including phenoxy) is 1. The predicted molar refractivity (Wildman–Crippen MR) is 63.1 cm³/mol. The Bertz CT molecular complexity index is 360. The Hall–Kier alpha value is -0.830. The molecule has 0 radical (unpaired) electrons. The van der Waals surface area contributed by atoms with Crippen molar-refractivity contribution < 1.29 is 14.6 Å². The maximum Gasteiger partial charge on any atom is 0.333 e. The van der Waals surface area contributed by atoms with Crippen molar-refractivity contribution in [3.05, 3.63) is 12.2 Å². The van der Waals surface area contributed by atoms with Crippen molar-refractivity contribution in [1.29, 1.82) is 0 Å². The van der Waals surface area contributed by atoms with Gasteiger partial charge >= 0.3 is 5.97 Å². The lowest BCUT2D eigenvalue weighted by atomic mass is 9.80. The number of carbonyl (C=O) groups excluding carboxylic acids is 1. The second-order valence-corrected chi connectivity index (χ2v) is 5.95. The van der Waals surface area contributed by atoms with E-state index in [1.165, 1.54) is 19.3 Å². The Morgan fingerprint density at radius 2 is 2.00 bits per heavy atom. The molecule has 3 saturated carbocycles. The van der Waals surface area contributed by atoms with Gasteiger partial charge in [0.25, 0.3) is 0 Å². The fraction of sp³-hybridized carbons (Fsp3) is 0.786. The van der Waals surface area contributed by atoms with Gasteiger partial charge in [0, 0.05) is 11.5 Å². The summed E-state index contributed by atoms with van der Waals surface area (Å²) < 4.78 is 5.49. The van der Waals surface area contributed by atoms with Crippen molar-refractivity contribution in [3.8, 4) is 0 Å². The summed E-state index contributed by atoms with van der Waals surface area (Å²) in [6, 6.07) is 0. The minimum atomic E-state index is -0.302. The molecule has 3 heteroatoms. The van der Waals surface area contributed by atoms with Crippen LogP contribution in [0.15, 0.2) is 12.2 Å². The Morgan fingerprint density at radius 3 is 2.71 bits per heavy atom. The van der Waals surface area contributed by atoms with E-state index in [9.17, 15) is 9.90 Å². The van der Waals surface area contributed by atoms with Crippen molar-refractivity contribution >= 4 is 5.97 Å². The van der Waals surface area contributed by atoms with E-state index in [-0.39, 0.29) is 24.1 Å². The lowest BCUT2D eigenvalue weighted by Gasteiger charge is -2.30. The SMILES string of the molecule is C=C(C)C(=O)OC1CC2C(O)C1C1CCCC21. The highest BCUT2D eigenvalue weighted by Crippen LogP contribution is 2.59. The van der Waals surface area contributed by atoms with Crippen molar-refractivity contribution in [1.82, 2.24) is 0 Å². The summed E-state index contributed by atoms with van der Waals surface area (Å²) in [7, 11) is 0. The van der Waals surface area contributed by atoms with Crippen molar-refractivity contribution in [3.63, 3.8) is 0 Å². The summed E-state index contributed by atoms with van der Waals surface area (Å²) in [6.45, 7) is 5.28. The number of esters is 1. The van der Waals surface area contributed by atoms with Crippen molar-refractivity contribution in [2.45, 2.75) is 44.8 Å². The first-order chi connectivity index (χ1) is 8.09. The molecule has 3 aliphatic carbocycles. The van der Waals surface area contributed by atoms with Gasteiger partial charge in [-0.15, -0.1) is 0 Å². The fourth-order valence-corrected chi connectivity index (χ4v) is 4.42. The van der Waals surface area contributed by atoms with Gasteiger partial charge in [-0.2, -0.15) is 0 Å². The molecule has 0 heterocycles. The topological polar surface area (TPSA) is 46.5 Å². The lowest BCUT2D eigenvalue weighted by Crippen LogP contribution is -2.33. The van der Waals surface area contributed by atoms with E-state index in [0.717, 1.165) is 6.42 Å². The molecule has 94 valence electrons. The van der Waals surface area contributed by atoms with Gasteiger partial charge in [-0.1, -0.05) is 13.0 Å². The average molecular weight is 236 g/mol. The molecule has 6 unspecified atom stereocenters. The molecule has 17 heavy (non-hydrogen) atoms. The minimum Gasteiger partial charge on any atom is -0.459 e. The van der Waals surface area contributed by atoms with E-state index < -0.39 is 0 Å². The number of carbonyl (C=O) groups is 1. The number of fused-ring (bicyclic) bond motifs is 5. The third-order valence-electron chi connectivity index (χ3n) is 5.04. The average Bonchev–Trinajstić information content (AvgIpc) is 2.89. The second kappa shape index (κ2) is 3.84. The van der Waals surface area contributed by atoms with Crippen LogP contribution in [0.1, 0.15) is 32.6 Å². The van der Waals surface area contributed by atoms with Gasteiger partial charge in [-0.05, 0) is 43.9 Å². The molecular weight excluding hydrogens is 216 g/mol. The lowest BCUT2D eigenvalue weighted by molar-refractivity contribution is -0.148. The Labute approximate surface area is 102 Å². The van der Waals surface area contributed by atoms with E-state index in [1.54, 1.807) is 6.92 Å². The van der Waals surface area contributed by atoms with Crippen LogP contribution < -0.4 is 0 Å². The molecule has 3 fully saturated rings. The summed E-state index contributed by atoms with van der Waals surface area (Å²) in [4.78, 5) is 11.6. The smallest absolute Gasteiger partial charge is 0.333 e. The molecule has 3 nitrogen and oxygen atoms in total. The van der Waals surface area contributed by atoms with Crippen LogP contribution in [0.5, 0.6) is 0 Å². The highest BCUT2D eigenvalue weighted by molar-refractivity contribution is 5.87. The number of rotatable bonds is 2. The van der Waals surface area contributed by atoms with Crippen LogP contribution in [-0.2, 0) is 9.53 Å². The molecule has 0 aromatic heterocycles. The summed E-state index contributed by atoms with van der Waals surface area (Å²) in [6.07, 6.45) is 4.27. The molecule has 2 bridgehead atoms. The van der Waals surface area contributed by atoms with Crippen LogP contribution in [0, 0.1) is 23.7 Å². The van der Waals surface area contributed by atoms with E-state index in [0.29, 0.717) is 23.3 Å². The molecule has 0 saturated heterocycles. The highest BCUT2D eigenvalue weighted by atomic mass is 16.5. The molecule has 3 rings (SSSR count). The van der Waals surface area contributed by atoms with Gasteiger partial charge in [0.15, 0.2) is 0 Å². The quantitative estimate of drug-likeness (QED) is 0.588. The van der Waals surface area contributed by atoms with Crippen molar-refractivity contribution in [2.24, 2.45) is 23.7 Å². The van der Waals surface area contributed by atoms with Crippen LogP contribution in [0.4, 0.5) is 0 Å². The fourth-order valence-electron chi connectivity index (χ4n) is 4.42. The zero-order valence-electron chi connectivity index (χ0n) is 10.3. The predicted octanol–water partition coefficient (Wildman–Crippen LogP) is 1.90. The minimum absolute atomic E-state index is 0.0708. The molecule has 3 aliphatic rings. The second-order valence-electron chi connectivity index (χ2n) is 5.95. The monoisotopic (exact) mass is 236 g/mol. The van der Waals surface area contributed by atoms with E-state index in [2.05, 4.69) is 6.58 Å². The first kappa shape index (κ1) is 11.3. The Balaban J connectivity index is 1.74. The zero-order chi connectivity index (χ0) is 12.2. The molecule has 0 spiro atoms. The molecular formula is C14H20O3. The number of aliphatic hydroxyl groups is 1. The first-order valence-electron chi connectivity index (χ1n) is 6.64. The van der Waals surface area contributed by atoms with Crippen molar-refractivity contribution in [2.75, 3.05) is 0 Å². The maximum atomic E-state index is 11.6. The van der Waals surface area contributed by atoms with Crippen LogP contribution in [0.3, 0.4) is 0 Å². The van der Waals surface area contributed by atoms with Crippen LogP contribution >= 0.6 is 0 Å². The van der Waals surface area contributed by atoms with Crippen LogP contribution in [0.25, 0.3) is 0 Å². The normalized spacial score (nSPS) is 46.9. The maximum absolute atomic E-state index is 11.6. The molecule has 6 atom stereocenters.